The molecule has 4 rings (SSSR count). The molecule has 2 aromatic heterocycles. The molecular weight excluding hydrogens is 452 g/mol. The van der Waals surface area contributed by atoms with E-state index in [4.69, 9.17) is 4.74 Å². The maximum absolute atomic E-state index is 13.3. The zero-order valence-corrected chi connectivity index (χ0v) is 19.8. The average Bonchev–Trinajstić information content (AvgIpc) is 3.17. The van der Waals surface area contributed by atoms with Crippen molar-refractivity contribution in [2.75, 3.05) is 12.5 Å². The third-order valence-electron chi connectivity index (χ3n) is 5.38. The molecule has 2 N–H and O–H groups in total. The van der Waals surface area contributed by atoms with E-state index >= 15 is 0 Å². The number of amides is 2. The Balaban J connectivity index is 1.62. The van der Waals surface area contributed by atoms with Crippen LogP contribution >= 0.6 is 11.3 Å². The molecule has 9 heteroatoms. The third kappa shape index (κ3) is 4.84. The van der Waals surface area contributed by atoms with Crippen LogP contribution in [0.3, 0.4) is 0 Å². The van der Waals surface area contributed by atoms with Crippen LogP contribution in [-0.4, -0.2) is 28.6 Å². The Kier molecular flexibility index (Phi) is 6.74. The number of nitrogens with one attached hydrogen (secondary N) is 2. The van der Waals surface area contributed by atoms with E-state index in [0.717, 1.165) is 26.2 Å². The molecule has 0 aliphatic carbocycles. The van der Waals surface area contributed by atoms with Gasteiger partial charge in [-0.15, -0.1) is 11.3 Å². The van der Waals surface area contributed by atoms with Crippen LogP contribution in [0.15, 0.2) is 65.7 Å². The van der Waals surface area contributed by atoms with Crippen molar-refractivity contribution in [3.63, 3.8) is 0 Å². The number of carbonyl (C=O) groups is 2. The highest BCUT2D eigenvalue weighted by molar-refractivity contribution is 7.19. The van der Waals surface area contributed by atoms with Crippen LogP contribution in [-0.2, 0) is 9.59 Å². The first-order chi connectivity index (χ1) is 16.4. The first-order valence-electron chi connectivity index (χ1n) is 10.6. The molecular formula is C25H24N4O4S. The lowest BCUT2D eigenvalue weighted by molar-refractivity contribution is -0.120. The first-order valence-corrected chi connectivity index (χ1v) is 11.5. The molecule has 2 heterocycles. The van der Waals surface area contributed by atoms with Gasteiger partial charge < -0.3 is 10.1 Å². The molecule has 0 bridgehead atoms. The summed E-state index contributed by atoms with van der Waals surface area (Å²) in [6.45, 7) is 3.34. The van der Waals surface area contributed by atoms with E-state index in [1.165, 1.54) is 24.6 Å². The van der Waals surface area contributed by atoms with Gasteiger partial charge in [-0.05, 0) is 30.2 Å². The van der Waals surface area contributed by atoms with Gasteiger partial charge in [0.05, 0.1) is 25.0 Å². The minimum atomic E-state index is -0.570. The number of fused-ring (bicyclic) bond motifs is 1. The SMILES string of the molecule is COc1ccc(C(CC(=O)Nn2cnc3sc(C)c(-c4ccccc4)c3c2=O)NC(C)=O)cc1. The van der Waals surface area contributed by atoms with Crippen LogP contribution in [0.25, 0.3) is 21.3 Å². The highest BCUT2D eigenvalue weighted by Gasteiger charge is 2.20. The first kappa shape index (κ1) is 23.2. The number of rotatable bonds is 7. The van der Waals surface area contributed by atoms with Crippen LogP contribution in [0.4, 0.5) is 0 Å². The van der Waals surface area contributed by atoms with Gasteiger partial charge in [0.15, 0.2) is 0 Å². The molecule has 0 spiro atoms. The van der Waals surface area contributed by atoms with E-state index in [-0.39, 0.29) is 17.9 Å². The molecule has 174 valence electrons. The Hall–Kier alpha value is -3.98. The molecule has 0 aliphatic heterocycles. The standard InChI is InChI=1S/C25H24N4O4S/c1-15-22(18-7-5-4-6-8-18)23-24(34-15)26-14-29(25(23)32)28-21(31)13-20(27-16(2)30)17-9-11-19(33-3)12-10-17/h4-12,14,20H,13H2,1-3H3,(H,27,30)(H,28,31). The molecule has 4 aromatic rings. The minimum Gasteiger partial charge on any atom is -0.497 e. The molecule has 0 saturated heterocycles. The van der Waals surface area contributed by atoms with Crippen molar-refractivity contribution in [1.82, 2.24) is 15.0 Å². The maximum atomic E-state index is 13.3. The fourth-order valence-corrected chi connectivity index (χ4v) is 4.84. The fraction of sp³-hybridized carbons (Fsp3) is 0.200. The van der Waals surface area contributed by atoms with E-state index < -0.39 is 11.9 Å². The summed E-state index contributed by atoms with van der Waals surface area (Å²) in [5.74, 6) is -0.0397. The van der Waals surface area contributed by atoms with Gasteiger partial charge in [0.25, 0.3) is 5.56 Å². The quantitative estimate of drug-likeness (QED) is 0.423. The predicted molar refractivity (Wildman–Crippen MR) is 133 cm³/mol. The summed E-state index contributed by atoms with van der Waals surface area (Å²) in [7, 11) is 1.56. The van der Waals surface area contributed by atoms with Crippen molar-refractivity contribution in [2.45, 2.75) is 26.3 Å². The smallest absolute Gasteiger partial charge is 0.281 e. The molecule has 1 unspecified atom stereocenters. The van der Waals surface area contributed by atoms with E-state index in [2.05, 4.69) is 15.7 Å². The Labute approximate surface area is 200 Å². The Morgan fingerprint density at radius 1 is 1.12 bits per heavy atom. The number of benzene rings is 2. The lowest BCUT2D eigenvalue weighted by Crippen LogP contribution is -2.36. The summed E-state index contributed by atoms with van der Waals surface area (Å²) in [5, 5.41) is 3.25. The van der Waals surface area contributed by atoms with Crippen LogP contribution in [0.1, 0.15) is 29.8 Å². The van der Waals surface area contributed by atoms with E-state index in [1.54, 1.807) is 31.4 Å². The largest absolute Gasteiger partial charge is 0.497 e. The molecule has 2 aromatic carbocycles. The Bertz CT molecular complexity index is 1390. The second-order valence-corrected chi connectivity index (χ2v) is 8.97. The van der Waals surface area contributed by atoms with Gasteiger partial charge in [0.2, 0.25) is 11.8 Å². The van der Waals surface area contributed by atoms with Crippen molar-refractivity contribution in [2.24, 2.45) is 0 Å². The van der Waals surface area contributed by atoms with Crippen molar-refractivity contribution in [3.05, 3.63) is 81.7 Å². The highest BCUT2D eigenvalue weighted by atomic mass is 32.1. The molecule has 0 radical (unpaired) electrons. The molecule has 1 atom stereocenters. The van der Waals surface area contributed by atoms with Crippen LogP contribution < -0.4 is 21.0 Å². The fourth-order valence-electron chi connectivity index (χ4n) is 3.83. The second-order valence-electron chi connectivity index (χ2n) is 7.76. The van der Waals surface area contributed by atoms with Gasteiger partial charge in [-0.1, -0.05) is 42.5 Å². The van der Waals surface area contributed by atoms with Crippen molar-refractivity contribution >= 4 is 33.4 Å². The van der Waals surface area contributed by atoms with Gasteiger partial charge >= 0.3 is 0 Å². The lowest BCUT2D eigenvalue weighted by atomic mass is 10.0. The number of nitrogens with zero attached hydrogens (tertiary/aromatic N) is 2. The van der Waals surface area contributed by atoms with Crippen LogP contribution in [0, 0.1) is 6.92 Å². The van der Waals surface area contributed by atoms with Gasteiger partial charge in [-0.2, -0.15) is 0 Å². The van der Waals surface area contributed by atoms with Gasteiger partial charge in [0.1, 0.15) is 16.9 Å². The Morgan fingerprint density at radius 2 is 1.82 bits per heavy atom. The number of carbonyl (C=O) groups excluding carboxylic acids is 2. The highest BCUT2D eigenvalue weighted by Crippen LogP contribution is 2.35. The van der Waals surface area contributed by atoms with Gasteiger partial charge in [-0.3, -0.25) is 19.8 Å². The number of ether oxygens (including phenoxy) is 1. The number of methoxy groups -OCH3 is 1. The van der Waals surface area contributed by atoms with Crippen LogP contribution in [0.5, 0.6) is 5.75 Å². The molecule has 0 saturated carbocycles. The Morgan fingerprint density at radius 3 is 2.47 bits per heavy atom. The number of hydrogen-bond acceptors (Lipinski definition) is 6. The summed E-state index contributed by atoms with van der Waals surface area (Å²) in [6, 6.07) is 16.1. The number of aromatic nitrogens is 2. The lowest BCUT2D eigenvalue weighted by Gasteiger charge is -2.18. The number of thiophene rings is 1. The average molecular weight is 477 g/mol. The zero-order chi connectivity index (χ0) is 24.2. The van der Waals surface area contributed by atoms with Crippen molar-refractivity contribution in [1.29, 1.82) is 0 Å². The van der Waals surface area contributed by atoms with E-state index in [9.17, 15) is 14.4 Å². The molecule has 34 heavy (non-hydrogen) atoms. The second kappa shape index (κ2) is 9.88. The van der Waals surface area contributed by atoms with Gasteiger partial charge in [-0.25, -0.2) is 9.66 Å². The number of aryl methyl sites for hydroxylation is 1. The minimum absolute atomic E-state index is 0.0649. The topological polar surface area (TPSA) is 102 Å². The van der Waals surface area contributed by atoms with E-state index in [0.29, 0.717) is 16.0 Å². The van der Waals surface area contributed by atoms with Crippen LogP contribution in [0.2, 0.25) is 0 Å². The molecule has 0 fully saturated rings. The monoisotopic (exact) mass is 476 g/mol. The molecule has 8 nitrogen and oxygen atoms in total. The van der Waals surface area contributed by atoms with Gasteiger partial charge in [0, 0.05) is 17.4 Å². The predicted octanol–water partition coefficient (Wildman–Crippen LogP) is 3.78. The normalized spacial score (nSPS) is 11.7. The number of hydrogen-bond donors (Lipinski definition) is 2. The van der Waals surface area contributed by atoms with Crippen molar-refractivity contribution < 1.29 is 14.3 Å². The molecule has 0 aliphatic rings. The van der Waals surface area contributed by atoms with E-state index in [1.807, 2.05) is 37.3 Å². The summed E-state index contributed by atoms with van der Waals surface area (Å²) in [6.07, 6.45) is 1.25. The van der Waals surface area contributed by atoms with Crippen molar-refractivity contribution in [3.8, 4) is 16.9 Å². The third-order valence-corrected chi connectivity index (χ3v) is 6.39. The summed E-state index contributed by atoms with van der Waals surface area (Å²) < 4.78 is 6.27. The molecule has 2 amide bonds. The summed E-state index contributed by atoms with van der Waals surface area (Å²) in [5.41, 5.74) is 4.73. The zero-order valence-electron chi connectivity index (χ0n) is 19.0. The summed E-state index contributed by atoms with van der Waals surface area (Å²) >= 11 is 1.44. The maximum Gasteiger partial charge on any atom is 0.281 e. The summed E-state index contributed by atoms with van der Waals surface area (Å²) in [4.78, 5) is 43.9.